The van der Waals surface area contributed by atoms with Gasteiger partial charge >= 0.3 is 12.3 Å². The molecule has 0 bridgehead atoms. The van der Waals surface area contributed by atoms with E-state index in [9.17, 15) is 17.6 Å². The second-order valence-corrected chi connectivity index (χ2v) is 5.48. The van der Waals surface area contributed by atoms with Crippen molar-refractivity contribution in [1.29, 1.82) is 0 Å². The van der Waals surface area contributed by atoms with Crippen molar-refractivity contribution in [2.45, 2.75) is 31.7 Å². The van der Waals surface area contributed by atoms with Crippen LogP contribution in [0.1, 0.15) is 12.5 Å². The summed E-state index contributed by atoms with van der Waals surface area (Å²) in [6.07, 6.45) is -3.16. The van der Waals surface area contributed by atoms with E-state index in [1.54, 1.807) is 0 Å². The molecule has 21 heavy (non-hydrogen) atoms. The van der Waals surface area contributed by atoms with Crippen LogP contribution in [-0.4, -0.2) is 38.1 Å². The van der Waals surface area contributed by atoms with Crippen LogP contribution in [0.3, 0.4) is 0 Å². The maximum Gasteiger partial charge on any atom is 0.330 e. The van der Waals surface area contributed by atoms with Crippen LogP contribution in [0.5, 0.6) is 0 Å². The minimum absolute atomic E-state index is 0.0581. The number of halogens is 5. The van der Waals surface area contributed by atoms with Gasteiger partial charge in [-0.2, -0.15) is 8.78 Å². The molecule has 0 amide bonds. The predicted octanol–water partition coefficient (Wildman–Crippen LogP) is 3.89. The lowest BCUT2D eigenvalue weighted by Crippen LogP contribution is -2.39. The van der Waals surface area contributed by atoms with Crippen LogP contribution in [0, 0.1) is 0 Å². The summed E-state index contributed by atoms with van der Waals surface area (Å²) in [5, 5.41) is 3.10. The first-order valence-corrected chi connectivity index (χ1v) is 7.36. The Kier molecular flexibility index (Phi) is 7.62. The van der Waals surface area contributed by atoms with Gasteiger partial charge in [0, 0.05) is 10.5 Å². The largest absolute Gasteiger partial charge is 0.373 e. The summed E-state index contributed by atoms with van der Waals surface area (Å²) in [4.78, 5) is 0. The Hall–Kier alpha value is -0.660. The quantitative estimate of drug-likeness (QED) is 0.665. The molecule has 1 atom stereocenters. The molecule has 1 rings (SSSR count). The van der Waals surface area contributed by atoms with E-state index >= 15 is 0 Å². The average molecular weight is 372 g/mol. The summed E-state index contributed by atoms with van der Waals surface area (Å²) in [5.41, 5.74) is 0.993. The fraction of sp³-hybridized carbons (Fsp3) is 0.571. The Morgan fingerprint density at radius 3 is 2.52 bits per heavy atom. The van der Waals surface area contributed by atoms with Crippen LogP contribution in [0.25, 0.3) is 0 Å². The Balaban J connectivity index is 2.53. The summed E-state index contributed by atoms with van der Waals surface area (Å²) in [7, 11) is 0. The molecule has 2 nitrogen and oxygen atoms in total. The van der Waals surface area contributed by atoms with Gasteiger partial charge in [0.1, 0.15) is 6.61 Å². The first-order valence-electron chi connectivity index (χ1n) is 6.57. The second-order valence-electron chi connectivity index (χ2n) is 4.63. The third kappa shape index (κ3) is 6.32. The van der Waals surface area contributed by atoms with E-state index in [-0.39, 0.29) is 12.6 Å². The monoisotopic (exact) mass is 371 g/mol. The van der Waals surface area contributed by atoms with E-state index < -0.39 is 19.0 Å². The number of likely N-dealkylation sites (N-methyl/N-ethyl adjacent to an activating group) is 1. The van der Waals surface area contributed by atoms with Crippen molar-refractivity contribution in [3.63, 3.8) is 0 Å². The van der Waals surface area contributed by atoms with Crippen LogP contribution in [-0.2, 0) is 11.2 Å². The van der Waals surface area contributed by atoms with E-state index in [0.29, 0.717) is 13.0 Å². The fourth-order valence-electron chi connectivity index (χ4n) is 1.81. The van der Waals surface area contributed by atoms with Gasteiger partial charge in [0.05, 0.1) is 6.61 Å². The van der Waals surface area contributed by atoms with Gasteiger partial charge in [-0.3, -0.25) is 0 Å². The van der Waals surface area contributed by atoms with E-state index in [2.05, 4.69) is 21.2 Å². The topological polar surface area (TPSA) is 21.3 Å². The molecular weight excluding hydrogens is 354 g/mol. The molecule has 7 heteroatoms. The minimum Gasteiger partial charge on any atom is -0.373 e. The lowest BCUT2D eigenvalue weighted by atomic mass is 10.1. The molecule has 0 aliphatic heterocycles. The van der Waals surface area contributed by atoms with Crippen molar-refractivity contribution >= 4 is 15.9 Å². The molecule has 0 saturated heterocycles. The normalized spacial score (nSPS) is 13.7. The summed E-state index contributed by atoms with van der Waals surface area (Å²) < 4.78 is 55.3. The SMILES string of the molecule is CCNC(COCC(F)(F)C(F)F)Cc1ccccc1Br. The Labute approximate surface area is 130 Å². The van der Waals surface area contributed by atoms with E-state index in [0.717, 1.165) is 10.0 Å². The smallest absolute Gasteiger partial charge is 0.330 e. The summed E-state index contributed by atoms with van der Waals surface area (Å²) in [6, 6.07) is 7.30. The highest BCUT2D eigenvalue weighted by molar-refractivity contribution is 9.10. The van der Waals surface area contributed by atoms with Crippen LogP contribution in [0.15, 0.2) is 28.7 Å². The van der Waals surface area contributed by atoms with Crippen LogP contribution in [0.4, 0.5) is 17.6 Å². The van der Waals surface area contributed by atoms with Crippen molar-refractivity contribution in [2.24, 2.45) is 0 Å². The van der Waals surface area contributed by atoms with Crippen LogP contribution in [0.2, 0.25) is 0 Å². The molecule has 1 aromatic rings. The zero-order chi connectivity index (χ0) is 15.9. The molecule has 120 valence electrons. The van der Waals surface area contributed by atoms with Crippen LogP contribution >= 0.6 is 15.9 Å². The zero-order valence-corrected chi connectivity index (χ0v) is 13.2. The molecule has 1 N–H and O–H groups in total. The second kappa shape index (κ2) is 8.70. The van der Waals surface area contributed by atoms with Gasteiger partial charge in [-0.05, 0) is 24.6 Å². The molecule has 1 unspecified atom stereocenters. The van der Waals surface area contributed by atoms with Gasteiger partial charge < -0.3 is 10.1 Å². The zero-order valence-electron chi connectivity index (χ0n) is 11.6. The number of alkyl halides is 4. The maximum absolute atomic E-state index is 12.8. The highest BCUT2D eigenvalue weighted by atomic mass is 79.9. The van der Waals surface area contributed by atoms with Crippen molar-refractivity contribution < 1.29 is 22.3 Å². The Bertz CT molecular complexity index is 431. The number of nitrogens with one attached hydrogen (secondary N) is 1. The van der Waals surface area contributed by atoms with E-state index in [1.165, 1.54) is 0 Å². The third-order valence-electron chi connectivity index (χ3n) is 2.85. The number of rotatable bonds is 9. The van der Waals surface area contributed by atoms with Gasteiger partial charge in [0.2, 0.25) is 0 Å². The first kappa shape index (κ1) is 18.4. The fourth-order valence-corrected chi connectivity index (χ4v) is 2.25. The van der Waals surface area contributed by atoms with E-state index in [1.807, 2.05) is 31.2 Å². The predicted molar refractivity (Wildman–Crippen MR) is 77.1 cm³/mol. The standard InChI is InChI=1S/C14H18BrF4NO/c1-2-20-11(7-10-5-3-4-6-12(10)15)8-21-9-14(18,19)13(16)17/h3-6,11,13,20H,2,7-9H2,1H3. The third-order valence-corrected chi connectivity index (χ3v) is 3.62. The molecule has 0 heterocycles. The molecule has 0 aromatic heterocycles. The van der Waals surface area contributed by atoms with Crippen LogP contribution < -0.4 is 5.32 Å². The number of benzene rings is 1. The van der Waals surface area contributed by atoms with Gasteiger partial charge in [-0.25, -0.2) is 8.78 Å². The lowest BCUT2D eigenvalue weighted by Gasteiger charge is -2.21. The minimum atomic E-state index is -4.11. The van der Waals surface area contributed by atoms with Gasteiger partial charge in [0.15, 0.2) is 0 Å². The summed E-state index contributed by atoms with van der Waals surface area (Å²) >= 11 is 3.41. The first-order chi connectivity index (χ1) is 9.86. The molecule has 0 spiro atoms. The highest BCUT2D eigenvalue weighted by Gasteiger charge is 2.41. The number of hydrogen-bond acceptors (Lipinski definition) is 2. The van der Waals surface area contributed by atoms with Gasteiger partial charge in [-0.15, -0.1) is 0 Å². The van der Waals surface area contributed by atoms with Crippen molar-refractivity contribution in [3.8, 4) is 0 Å². The van der Waals surface area contributed by atoms with Gasteiger partial charge in [0.25, 0.3) is 0 Å². The molecule has 1 aromatic carbocycles. The van der Waals surface area contributed by atoms with Crippen molar-refractivity contribution in [2.75, 3.05) is 19.8 Å². The van der Waals surface area contributed by atoms with Crippen molar-refractivity contribution in [3.05, 3.63) is 34.3 Å². The average Bonchev–Trinajstić information content (AvgIpc) is 2.41. The van der Waals surface area contributed by atoms with Gasteiger partial charge in [-0.1, -0.05) is 41.1 Å². The lowest BCUT2D eigenvalue weighted by molar-refractivity contribution is -0.167. The highest BCUT2D eigenvalue weighted by Crippen LogP contribution is 2.23. The molecule has 0 radical (unpaired) electrons. The summed E-state index contributed by atoms with van der Waals surface area (Å²) in [6.45, 7) is 1.17. The summed E-state index contributed by atoms with van der Waals surface area (Å²) in [5.74, 6) is -4.11. The number of hydrogen-bond donors (Lipinski definition) is 1. The molecule has 0 fully saturated rings. The van der Waals surface area contributed by atoms with Crippen molar-refractivity contribution in [1.82, 2.24) is 5.32 Å². The molecule has 0 saturated carbocycles. The Morgan fingerprint density at radius 2 is 1.95 bits per heavy atom. The molecule has 0 aliphatic carbocycles. The Morgan fingerprint density at radius 1 is 1.29 bits per heavy atom. The van der Waals surface area contributed by atoms with E-state index in [4.69, 9.17) is 4.74 Å². The maximum atomic E-state index is 12.8. The number of ether oxygens (including phenoxy) is 1. The molecular formula is C14H18BrF4NO. The molecule has 0 aliphatic rings.